The van der Waals surface area contributed by atoms with E-state index in [2.05, 4.69) is 4.98 Å². The van der Waals surface area contributed by atoms with Crippen molar-refractivity contribution in [1.29, 1.82) is 0 Å². The molecule has 10 heteroatoms. The fourth-order valence-electron chi connectivity index (χ4n) is 1.97. The number of halogens is 3. The molecule has 1 aliphatic heterocycles. The van der Waals surface area contributed by atoms with Crippen molar-refractivity contribution in [3.8, 4) is 0 Å². The van der Waals surface area contributed by atoms with Gasteiger partial charge in [-0.15, -0.1) is 0 Å². The fourth-order valence-corrected chi connectivity index (χ4v) is 3.30. The lowest BCUT2D eigenvalue weighted by molar-refractivity contribution is -0.138. The number of alkyl halides is 3. The molecule has 1 fully saturated rings. The highest BCUT2D eigenvalue weighted by atomic mass is 32.2. The van der Waals surface area contributed by atoms with Crippen molar-refractivity contribution >= 4 is 16.5 Å². The van der Waals surface area contributed by atoms with Gasteiger partial charge in [0.15, 0.2) is 6.29 Å². The summed E-state index contributed by atoms with van der Waals surface area (Å²) in [6, 6.07) is 0.755. The standard InChI is InChI=1S/C11H12F3N3O3S/c1-16-2-3-17(21(16,19)20)6-8-4-9(11(12,13)14)10(7-18)15-5-8/h4-5,7H,2-3,6H2,1H3. The quantitative estimate of drug-likeness (QED) is 0.775. The number of rotatable bonds is 3. The van der Waals surface area contributed by atoms with Gasteiger partial charge in [-0.05, 0) is 11.6 Å². The lowest BCUT2D eigenvalue weighted by atomic mass is 10.1. The molecule has 0 saturated carbocycles. The van der Waals surface area contributed by atoms with Crippen molar-refractivity contribution in [2.45, 2.75) is 12.7 Å². The van der Waals surface area contributed by atoms with E-state index in [9.17, 15) is 26.4 Å². The highest BCUT2D eigenvalue weighted by Gasteiger charge is 2.36. The van der Waals surface area contributed by atoms with Gasteiger partial charge in [-0.25, -0.2) is 0 Å². The number of carbonyl (C=O) groups excluding carboxylic acids is 1. The summed E-state index contributed by atoms with van der Waals surface area (Å²) in [5.41, 5.74) is -1.81. The summed E-state index contributed by atoms with van der Waals surface area (Å²) < 4.78 is 64.3. The number of carbonyl (C=O) groups is 1. The normalized spacial score (nSPS) is 19.8. The first-order valence-electron chi connectivity index (χ1n) is 5.89. The first kappa shape index (κ1) is 15.9. The van der Waals surface area contributed by atoms with E-state index in [1.54, 1.807) is 0 Å². The van der Waals surface area contributed by atoms with Crippen LogP contribution in [0.25, 0.3) is 0 Å². The maximum atomic E-state index is 12.8. The van der Waals surface area contributed by atoms with Crippen molar-refractivity contribution in [2.24, 2.45) is 0 Å². The molecule has 0 aliphatic carbocycles. The molecule has 0 amide bonds. The van der Waals surface area contributed by atoms with E-state index >= 15 is 0 Å². The first-order chi connectivity index (χ1) is 9.66. The molecule has 2 heterocycles. The van der Waals surface area contributed by atoms with Crippen LogP contribution in [0, 0.1) is 0 Å². The van der Waals surface area contributed by atoms with Gasteiger partial charge in [0.2, 0.25) is 0 Å². The van der Waals surface area contributed by atoms with E-state index in [-0.39, 0.29) is 31.5 Å². The van der Waals surface area contributed by atoms with Crippen molar-refractivity contribution in [1.82, 2.24) is 13.6 Å². The van der Waals surface area contributed by atoms with Gasteiger partial charge in [-0.3, -0.25) is 9.78 Å². The second-order valence-electron chi connectivity index (χ2n) is 4.55. The zero-order valence-electron chi connectivity index (χ0n) is 11.0. The molecule has 1 aromatic rings. The van der Waals surface area contributed by atoms with Crippen LogP contribution in [-0.2, 0) is 22.9 Å². The Bertz CT molecular complexity index is 660. The average Bonchev–Trinajstić information content (AvgIpc) is 2.64. The van der Waals surface area contributed by atoms with E-state index in [1.165, 1.54) is 7.05 Å². The van der Waals surface area contributed by atoms with Gasteiger partial charge in [0.25, 0.3) is 10.2 Å². The van der Waals surface area contributed by atoms with E-state index in [0.717, 1.165) is 20.9 Å². The Kier molecular flexibility index (Phi) is 4.04. The fraction of sp³-hybridized carbons (Fsp3) is 0.455. The topological polar surface area (TPSA) is 70.6 Å². The number of likely N-dealkylation sites (N-methyl/N-ethyl adjacent to an activating group) is 1. The average molecular weight is 323 g/mol. The second-order valence-corrected chi connectivity index (χ2v) is 6.59. The number of nitrogens with zero attached hydrogens (tertiary/aromatic N) is 3. The molecular weight excluding hydrogens is 311 g/mol. The maximum absolute atomic E-state index is 12.8. The molecular formula is C11H12F3N3O3S. The molecule has 0 aromatic carbocycles. The van der Waals surface area contributed by atoms with E-state index in [1.807, 2.05) is 0 Å². The summed E-state index contributed by atoms with van der Waals surface area (Å²) in [5, 5.41) is 0. The van der Waals surface area contributed by atoms with Crippen LogP contribution in [0.15, 0.2) is 12.3 Å². The molecule has 1 saturated heterocycles. The van der Waals surface area contributed by atoms with Gasteiger partial charge in [0, 0.05) is 32.9 Å². The van der Waals surface area contributed by atoms with Crippen molar-refractivity contribution in [3.05, 3.63) is 29.1 Å². The maximum Gasteiger partial charge on any atom is 0.418 e. The molecule has 0 atom stereocenters. The van der Waals surface area contributed by atoms with Crippen molar-refractivity contribution < 1.29 is 26.4 Å². The van der Waals surface area contributed by atoms with Gasteiger partial charge in [0.05, 0.1) is 5.56 Å². The molecule has 0 unspecified atom stereocenters. The van der Waals surface area contributed by atoms with E-state index in [4.69, 9.17) is 0 Å². The Balaban J connectivity index is 2.33. The lowest BCUT2D eigenvalue weighted by Crippen LogP contribution is -2.30. The van der Waals surface area contributed by atoms with E-state index < -0.39 is 27.6 Å². The predicted octanol–water partition coefficient (Wildman–Crippen LogP) is 0.905. The van der Waals surface area contributed by atoms with Crippen LogP contribution in [-0.4, -0.2) is 48.4 Å². The van der Waals surface area contributed by atoms with Gasteiger partial charge in [-0.2, -0.15) is 30.2 Å². The smallest absolute Gasteiger partial charge is 0.296 e. The molecule has 1 aromatic heterocycles. The molecule has 1 aliphatic rings. The summed E-state index contributed by atoms with van der Waals surface area (Å²) in [4.78, 5) is 14.0. The summed E-state index contributed by atoms with van der Waals surface area (Å²) in [6.45, 7) is 0.242. The Morgan fingerprint density at radius 3 is 2.52 bits per heavy atom. The minimum atomic E-state index is -4.72. The third-order valence-corrected chi connectivity index (χ3v) is 5.07. The molecule has 116 valence electrons. The van der Waals surface area contributed by atoms with E-state index in [0.29, 0.717) is 0 Å². The van der Waals surface area contributed by atoms with Crippen LogP contribution in [0.3, 0.4) is 0 Å². The Morgan fingerprint density at radius 1 is 1.38 bits per heavy atom. The number of hydrogen-bond donors (Lipinski definition) is 0. The molecule has 0 spiro atoms. The molecule has 0 N–H and O–H groups in total. The summed E-state index contributed by atoms with van der Waals surface area (Å²) in [5.74, 6) is 0. The minimum absolute atomic E-state index is 0.0208. The molecule has 21 heavy (non-hydrogen) atoms. The Labute approximate surface area is 119 Å². The summed E-state index contributed by atoms with van der Waals surface area (Å²) in [6.07, 6.45) is -3.63. The number of aldehydes is 1. The zero-order chi connectivity index (χ0) is 15.8. The molecule has 0 radical (unpaired) electrons. The number of hydrogen-bond acceptors (Lipinski definition) is 4. The van der Waals surface area contributed by atoms with Gasteiger partial charge >= 0.3 is 6.18 Å². The van der Waals surface area contributed by atoms with Gasteiger partial charge in [0.1, 0.15) is 5.69 Å². The Hall–Kier alpha value is -1.52. The highest BCUT2D eigenvalue weighted by molar-refractivity contribution is 7.86. The van der Waals surface area contributed by atoms with Crippen molar-refractivity contribution in [2.75, 3.05) is 20.1 Å². The summed E-state index contributed by atoms with van der Waals surface area (Å²) in [7, 11) is -2.25. The monoisotopic (exact) mass is 323 g/mol. The van der Waals surface area contributed by atoms with Crippen LogP contribution in [0.2, 0.25) is 0 Å². The first-order valence-corrected chi connectivity index (χ1v) is 7.28. The van der Waals surface area contributed by atoms with Crippen LogP contribution >= 0.6 is 0 Å². The van der Waals surface area contributed by atoms with Crippen molar-refractivity contribution in [3.63, 3.8) is 0 Å². The lowest BCUT2D eigenvalue weighted by Gasteiger charge is -2.17. The SMILES string of the molecule is CN1CCN(Cc2cnc(C=O)c(C(F)(F)F)c2)S1(=O)=O. The predicted molar refractivity (Wildman–Crippen MR) is 66.6 cm³/mol. The third kappa shape index (κ3) is 3.06. The minimum Gasteiger partial charge on any atom is -0.296 e. The largest absolute Gasteiger partial charge is 0.418 e. The third-order valence-electron chi connectivity index (χ3n) is 3.14. The van der Waals surface area contributed by atoms with Crippen LogP contribution in [0.1, 0.15) is 21.6 Å². The van der Waals surface area contributed by atoms with Gasteiger partial charge in [-0.1, -0.05) is 0 Å². The van der Waals surface area contributed by atoms with Crippen LogP contribution in [0.5, 0.6) is 0 Å². The Morgan fingerprint density at radius 2 is 2.05 bits per heavy atom. The zero-order valence-corrected chi connectivity index (χ0v) is 11.8. The molecule has 0 bridgehead atoms. The number of aromatic nitrogens is 1. The summed E-state index contributed by atoms with van der Waals surface area (Å²) >= 11 is 0. The highest BCUT2D eigenvalue weighted by Crippen LogP contribution is 2.31. The van der Waals surface area contributed by atoms with Crippen LogP contribution in [0.4, 0.5) is 13.2 Å². The second kappa shape index (κ2) is 5.35. The number of pyridine rings is 1. The van der Waals surface area contributed by atoms with Crippen LogP contribution < -0.4 is 0 Å². The molecule has 6 nitrogen and oxygen atoms in total. The molecule has 2 rings (SSSR count). The van der Waals surface area contributed by atoms with Gasteiger partial charge < -0.3 is 0 Å².